The first-order valence-electron chi connectivity index (χ1n) is 8.41. The minimum atomic E-state index is 0.0967. The summed E-state index contributed by atoms with van der Waals surface area (Å²) in [5.41, 5.74) is 0.325. The van der Waals surface area contributed by atoms with Crippen LogP contribution < -0.4 is 10.6 Å². The topological polar surface area (TPSA) is 66.0 Å². The predicted molar refractivity (Wildman–Crippen MR) is 87.9 cm³/mol. The minimum Gasteiger partial charge on any atom is -0.381 e. The van der Waals surface area contributed by atoms with Gasteiger partial charge < -0.3 is 20.3 Å². The van der Waals surface area contributed by atoms with Gasteiger partial charge in [0, 0.05) is 51.2 Å². The molecule has 0 aromatic rings. The van der Waals surface area contributed by atoms with E-state index in [1.165, 1.54) is 6.42 Å². The average molecular weight is 310 g/mol. The Morgan fingerprint density at radius 3 is 2.91 bits per heavy atom. The summed E-state index contributed by atoms with van der Waals surface area (Å²) in [7, 11) is 1.80. The average Bonchev–Trinajstić information content (AvgIpc) is 3.14. The van der Waals surface area contributed by atoms with Crippen LogP contribution in [0, 0.1) is 5.41 Å². The van der Waals surface area contributed by atoms with Crippen LogP contribution in [0.1, 0.15) is 39.5 Å². The molecule has 2 N–H and O–H groups in total. The molecule has 1 amide bonds. The Hall–Kier alpha value is -1.30. The fraction of sp³-hybridized carbons (Fsp3) is 0.875. The molecule has 0 aromatic heterocycles. The lowest BCUT2D eigenvalue weighted by atomic mass is 9.87. The van der Waals surface area contributed by atoms with Gasteiger partial charge in [0.2, 0.25) is 5.91 Å². The number of carbonyl (C=O) groups is 1. The van der Waals surface area contributed by atoms with E-state index in [-0.39, 0.29) is 11.9 Å². The number of likely N-dealkylation sites (tertiary alicyclic amines) is 1. The van der Waals surface area contributed by atoms with Gasteiger partial charge in [-0.3, -0.25) is 9.79 Å². The van der Waals surface area contributed by atoms with Crippen molar-refractivity contribution in [2.45, 2.75) is 45.6 Å². The molecule has 0 bridgehead atoms. The highest BCUT2D eigenvalue weighted by Gasteiger charge is 2.42. The summed E-state index contributed by atoms with van der Waals surface area (Å²) in [6.45, 7) is 8.49. The van der Waals surface area contributed by atoms with Gasteiger partial charge in [-0.2, -0.15) is 0 Å². The van der Waals surface area contributed by atoms with E-state index in [2.05, 4.69) is 27.4 Å². The van der Waals surface area contributed by atoms with Gasteiger partial charge in [-0.15, -0.1) is 0 Å². The van der Waals surface area contributed by atoms with Gasteiger partial charge >= 0.3 is 0 Å². The number of ether oxygens (including phenoxy) is 1. The van der Waals surface area contributed by atoms with Crippen LogP contribution in [0.4, 0.5) is 0 Å². The Bertz CT molecular complexity index is 405. The lowest BCUT2D eigenvalue weighted by Gasteiger charge is -2.25. The van der Waals surface area contributed by atoms with Crippen molar-refractivity contribution in [1.29, 1.82) is 0 Å². The summed E-state index contributed by atoms with van der Waals surface area (Å²) in [5.74, 6) is 1.000. The van der Waals surface area contributed by atoms with Crippen molar-refractivity contribution in [1.82, 2.24) is 15.5 Å². The molecule has 0 aromatic carbocycles. The van der Waals surface area contributed by atoms with Crippen molar-refractivity contribution in [2.75, 3.05) is 39.9 Å². The Morgan fingerprint density at radius 2 is 2.27 bits per heavy atom. The molecule has 6 nitrogen and oxygen atoms in total. The number of nitrogens with zero attached hydrogens (tertiary/aromatic N) is 2. The maximum absolute atomic E-state index is 11.8. The molecule has 1 spiro atoms. The third-order valence-electron chi connectivity index (χ3n) is 4.79. The molecule has 0 aliphatic carbocycles. The highest BCUT2D eigenvalue weighted by Crippen LogP contribution is 2.38. The zero-order valence-electron chi connectivity index (χ0n) is 14.2. The van der Waals surface area contributed by atoms with E-state index >= 15 is 0 Å². The van der Waals surface area contributed by atoms with Gasteiger partial charge in [0.1, 0.15) is 0 Å². The zero-order valence-corrected chi connectivity index (χ0v) is 14.2. The summed E-state index contributed by atoms with van der Waals surface area (Å²) < 4.78 is 5.56. The largest absolute Gasteiger partial charge is 0.381 e. The van der Waals surface area contributed by atoms with Crippen LogP contribution in [-0.2, 0) is 9.53 Å². The highest BCUT2D eigenvalue weighted by atomic mass is 16.5. The summed E-state index contributed by atoms with van der Waals surface area (Å²) >= 11 is 0. The number of amides is 1. The lowest BCUT2D eigenvalue weighted by molar-refractivity contribution is -0.121. The van der Waals surface area contributed by atoms with Crippen molar-refractivity contribution in [3.63, 3.8) is 0 Å². The van der Waals surface area contributed by atoms with E-state index in [0.29, 0.717) is 18.4 Å². The van der Waals surface area contributed by atoms with E-state index in [4.69, 9.17) is 4.74 Å². The van der Waals surface area contributed by atoms with Gasteiger partial charge in [-0.1, -0.05) is 6.92 Å². The molecular weight excluding hydrogens is 280 g/mol. The smallest absolute Gasteiger partial charge is 0.221 e. The summed E-state index contributed by atoms with van der Waals surface area (Å²) in [6.07, 6.45) is 3.75. The maximum atomic E-state index is 11.8. The molecule has 2 atom stereocenters. The van der Waals surface area contributed by atoms with Crippen molar-refractivity contribution < 1.29 is 9.53 Å². The SMILES string of the molecule is CCC(C)NC(=O)CCNC(=NC)N1CCC2(CCOC2)C1. The molecule has 6 heteroatoms. The van der Waals surface area contributed by atoms with Crippen molar-refractivity contribution >= 4 is 11.9 Å². The van der Waals surface area contributed by atoms with E-state index < -0.39 is 0 Å². The summed E-state index contributed by atoms with van der Waals surface area (Å²) in [5, 5.41) is 6.30. The third kappa shape index (κ3) is 4.35. The van der Waals surface area contributed by atoms with E-state index in [1.807, 2.05) is 6.92 Å². The molecule has 22 heavy (non-hydrogen) atoms. The summed E-state index contributed by atoms with van der Waals surface area (Å²) in [4.78, 5) is 18.4. The standard InChI is InChI=1S/C16H30N4O2/c1-4-13(2)19-14(21)5-8-18-15(17-3)20-9-6-16(11-20)7-10-22-12-16/h13H,4-12H2,1-3H3,(H,17,18)(H,19,21). The van der Waals surface area contributed by atoms with Crippen molar-refractivity contribution in [2.24, 2.45) is 10.4 Å². The van der Waals surface area contributed by atoms with Crippen LogP contribution in [0.2, 0.25) is 0 Å². The Kier molecular flexibility index (Phi) is 6.06. The molecule has 0 radical (unpaired) electrons. The molecule has 2 aliphatic rings. The fourth-order valence-corrected chi connectivity index (χ4v) is 3.16. The number of hydrogen-bond donors (Lipinski definition) is 2. The van der Waals surface area contributed by atoms with Crippen LogP contribution in [0.15, 0.2) is 4.99 Å². The number of hydrogen-bond acceptors (Lipinski definition) is 3. The van der Waals surface area contributed by atoms with Crippen molar-refractivity contribution in [3.05, 3.63) is 0 Å². The molecule has 0 saturated carbocycles. The van der Waals surface area contributed by atoms with Crippen molar-refractivity contribution in [3.8, 4) is 0 Å². The predicted octanol–water partition coefficient (Wildman–Crippen LogP) is 0.979. The van der Waals surface area contributed by atoms with Gasteiger partial charge in [0.05, 0.1) is 6.61 Å². The van der Waals surface area contributed by atoms with Crippen LogP contribution in [-0.4, -0.2) is 62.7 Å². The van der Waals surface area contributed by atoms with Crippen LogP contribution in [0.5, 0.6) is 0 Å². The quantitative estimate of drug-likeness (QED) is 0.587. The normalized spacial score (nSPS) is 26.5. The molecule has 2 aliphatic heterocycles. The number of guanidine groups is 1. The van der Waals surface area contributed by atoms with E-state index in [1.54, 1.807) is 7.05 Å². The maximum Gasteiger partial charge on any atom is 0.221 e. The zero-order chi connectivity index (χ0) is 16.0. The minimum absolute atomic E-state index is 0.0967. The van der Waals surface area contributed by atoms with Crippen LogP contribution >= 0.6 is 0 Å². The second kappa shape index (κ2) is 7.81. The van der Waals surface area contributed by atoms with Gasteiger partial charge in [-0.25, -0.2) is 0 Å². The second-order valence-corrected chi connectivity index (χ2v) is 6.57. The molecule has 2 unspecified atom stereocenters. The monoisotopic (exact) mass is 310 g/mol. The first kappa shape index (κ1) is 17.1. The Labute approximate surface area is 133 Å². The molecule has 2 rings (SSSR count). The Morgan fingerprint density at radius 1 is 1.45 bits per heavy atom. The first-order chi connectivity index (χ1) is 10.6. The number of carbonyl (C=O) groups excluding carboxylic acids is 1. The van der Waals surface area contributed by atoms with E-state index in [9.17, 15) is 4.79 Å². The molecule has 2 heterocycles. The lowest BCUT2D eigenvalue weighted by Crippen LogP contribution is -2.43. The van der Waals surface area contributed by atoms with E-state index in [0.717, 1.165) is 45.1 Å². The molecule has 126 valence electrons. The van der Waals surface area contributed by atoms with Gasteiger partial charge in [0.25, 0.3) is 0 Å². The second-order valence-electron chi connectivity index (χ2n) is 6.57. The molecule has 2 fully saturated rings. The number of aliphatic imine (C=N–C) groups is 1. The van der Waals surface area contributed by atoms with Gasteiger partial charge in [-0.05, 0) is 26.2 Å². The fourth-order valence-electron chi connectivity index (χ4n) is 3.16. The Balaban J connectivity index is 1.73. The molecule has 2 saturated heterocycles. The third-order valence-corrected chi connectivity index (χ3v) is 4.79. The van der Waals surface area contributed by atoms with Crippen LogP contribution in [0.3, 0.4) is 0 Å². The first-order valence-corrected chi connectivity index (χ1v) is 8.41. The summed E-state index contributed by atoms with van der Waals surface area (Å²) in [6, 6.07) is 0.243. The van der Waals surface area contributed by atoms with Crippen LogP contribution in [0.25, 0.3) is 0 Å². The highest BCUT2D eigenvalue weighted by molar-refractivity contribution is 5.81. The number of rotatable bonds is 5. The van der Waals surface area contributed by atoms with Gasteiger partial charge in [0.15, 0.2) is 5.96 Å². The molecular formula is C16H30N4O2. The number of nitrogens with one attached hydrogen (secondary N) is 2.